The van der Waals surface area contributed by atoms with Crippen molar-refractivity contribution in [3.63, 3.8) is 0 Å². The molecule has 0 atom stereocenters. The highest BCUT2D eigenvalue weighted by Crippen LogP contribution is 2.08. The lowest BCUT2D eigenvalue weighted by Crippen LogP contribution is -2.43. The molecule has 0 radical (unpaired) electrons. The summed E-state index contributed by atoms with van der Waals surface area (Å²) in [7, 11) is 0. The van der Waals surface area contributed by atoms with Gasteiger partial charge >= 0.3 is 6.03 Å². The van der Waals surface area contributed by atoms with Crippen molar-refractivity contribution in [2.45, 2.75) is 19.9 Å². The zero-order chi connectivity index (χ0) is 16.2. The highest BCUT2D eigenvalue weighted by atomic mass is 35.5. The van der Waals surface area contributed by atoms with E-state index in [1.54, 1.807) is 12.1 Å². The minimum absolute atomic E-state index is 0.0414. The number of nitrogens with one attached hydrogen (secondary N) is 4. The summed E-state index contributed by atoms with van der Waals surface area (Å²) < 4.78 is 0. The Bertz CT molecular complexity index is 465. The van der Waals surface area contributed by atoms with Gasteiger partial charge in [0.1, 0.15) is 0 Å². The van der Waals surface area contributed by atoms with E-state index >= 15 is 0 Å². The largest absolute Gasteiger partial charge is 0.353 e. The van der Waals surface area contributed by atoms with Crippen LogP contribution in [0.1, 0.15) is 18.9 Å². The molecule has 0 bridgehead atoms. The molecule has 1 aromatic carbocycles. The molecule has 122 valence electrons. The summed E-state index contributed by atoms with van der Waals surface area (Å²) in [4.78, 5) is 23.1. The van der Waals surface area contributed by atoms with Crippen LogP contribution in [0.3, 0.4) is 0 Å². The molecular formula is C15H23ClN4O2. The minimum atomic E-state index is -0.380. The molecule has 7 heteroatoms. The molecule has 0 aliphatic rings. The first-order valence-electron chi connectivity index (χ1n) is 7.35. The number of hydrogen-bond donors (Lipinski definition) is 4. The first-order chi connectivity index (χ1) is 10.6. The first-order valence-corrected chi connectivity index (χ1v) is 7.73. The van der Waals surface area contributed by atoms with Crippen molar-refractivity contribution in [1.29, 1.82) is 0 Å². The molecule has 6 nitrogen and oxygen atoms in total. The van der Waals surface area contributed by atoms with Crippen LogP contribution in [0.15, 0.2) is 24.3 Å². The molecular weight excluding hydrogens is 304 g/mol. The molecule has 22 heavy (non-hydrogen) atoms. The van der Waals surface area contributed by atoms with E-state index in [2.05, 4.69) is 28.2 Å². The molecule has 3 amide bonds. The van der Waals surface area contributed by atoms with Gasteiger partial charge in [0, 0.05) is 24.7 Å². The second-order valence-electron chi connectivity index (χ2n) is 4.76. The molecule has 0 spiro atoms. The average molecular weight is 327 g/mol. The molecule has 0 unspecified atom stereocenters. The molecule has 0 aliphatic heterocycles. The van der Waals surface area contributed by atoms with Crippen molar-refractivity contribution < 1.29 is 9.59 Å². The normalized spacial score (nSPS) is 10.1. The molecule has 0 aromatic heterocycles. The molecule has 0 saturated heterocycles. The number of urea groups is 1. The lowest BCUT2D eigenvalue weighted by molar-refractivity contribution is -0.120. The Balaban J connectivity index is 2.09. The van der Waals surface area contributed by atoms with E-state index < -0.39 is 0 Å². The highest BCUT2D eigenvalue weighted by molar-refractivity contribution is 6.30. The van der Waals surface area contributed by atoms with Crippen molar-refractivity contribution in [1.82, 2.24) is 21.3 Å². The number of hydrogen-bond acceptors (Lipinski definition) is 3. The Hall–Kier alpha value is -1.79. The number of carbonyl (C=O) groups excluding carboxylic acids is 2. The molecule has 1 rings (SSSR count). The van der Waals surface area contributed by atoms with Crippen LogP contribution in [0.5, 0.6) is 0 Å². The third kappa shape index (κ3) is 8.49. The fraction of sp³-hybridized carbons (Fsp3) is 0.467. The Labute approximate surface area is 136 Å². The van der Waals surface area contributed by atoms with Gasteiger partial charge in [-0.2, -0.15) is 0 Å². The fourth-order valence-corrected chi connectivity index (χ4v) is 1.79. The lowest BCUT2D eigenvalue weighted by atomic mass is 10.2. The van der Waals surface area contributed by atoms with E-state index in [1.165, 1.54) is 0 Å². The van der Waals surface area contributed by atoms with Gasteiger partial charge in [0.25, 0.3) is 0 Å². The van der Waals surface area contributed by atoms with Crippen LogP contribution in [0.4, 0.5) is 4.79 Å². The van der Waals surface area contributed by atoms with Gasteiger partial charge in [0.2, 0.25) is 5.91 Å². The maximum atomic E-state index is 11.6. The van der Waals surface area contributed by atoms with Gasteiger partial charge < -0.3 is 21.3 Å². The second kappa shape index (κ2) is 10.9. The second-order valence-corrected chi connectivity index (χ2v) is 5.20. The number of amides is 3. The fourth-order valence-electron chi connectivity index (χ4n) is 1.66. The van der Waals surface area contributed by atoms with Gasteiger partial charge in [-0.3, -0.25) is 4.79 Å². The lowest BCUT2D eigenvalue weighted by Gasteiger charge is -2.09. The van der Waals surface area contributed by atoms with Crippen LogP contribution in [0.2, 0.25) is 5.02 Å². The van der Waals surface area contributed by atoms with E-state index in [0.29, 0.717) is 18.1 Å². The molecule has 0 heterocycles. The van der Waals surface area contributed by atoms with Gasteiger partial charge in [0.05, 0.1) is 6.54 Å². The van der Waals surface area contributed by atoms with Gasteiger partial charge in [0.15, 0.2) is 0 Å². The van der Waals surface area contributed by atoms with E-state index in [-0.39, 0.29) is 18.5 Å². The molecule has 4 N–H and O–H groups in total. The first kappa shape index (κ1) is 18.3. The van der Waals surface area contributed by atoms with Gasteiger partial charge in [-0.1, -0.05) is 30.7 Å². The number of halogens is 1. The predicted molar refractivity (Wildman–Crippen MR) is 87.9 cm³/mol. The van der Waals surface area contributed by atoms with Crippen LogP contribution < -0.4 is 21.3 Å². The average Bonchev–Trinajstić information content (AvgIpc) is 2.52. The van der Waals surface area contributed by atoms with Crippen molar-refractivity contribution in [3.05, 3.63) is 34.9 Å². The summed E-state index contributed by atoms with van der Waals surface area (Å²) in [5.41, 5.74) is 0.936. The van der Waals surface area contributed by atoms with E-state index in [1.807, 2.05) is 12.1 Å². The maximum Gasteiger partial charge on any atom is 0.315 e. The van der Waals surface area contributed by atoms with Crippen molar-refractivity contribution in [2.24, 2.45) is 0 Å². The third-order valence-electron chi connectivity index (χ3n) is 2.83. The Morgan fingerprint density at radius 1 is 1.00 bits per heavy atom. The third-order valence-corrected chi connectivity index (χ3v) is 3.08. The van der Waals surface area contributed by atoms with Crippen LogP contribution >= 0.6 is 11.6 Å². The maximum absolute atomic E-state index is 11.6. The van der Waals surface area contributed by atoms with Crippen LogP contribution in [-0.4, -0.2) is 38.1 Å². The molecule has 0 aliphatic carbocycles. The Kier molecular flexibility index (Phi) is 9.02. The van der Waals surface area contributed by atoms with Gasteiger partial charge in [-0.05, 0) is 30.7 Å². The van der Waals surface area contributed by atoms with Gasteiger partial charge in [-0.15, -0.1) is 0 Å². The zero-order valence-electron chi connectivity index (χ0n) is 12.7. The molecule has 0 fully saturated rings. The summed E-state index contributed by atoms with van der Waals surface area (Å²) in [6, 6.07) is 6.80. The summed E-state index contributed by atoms with van der Waals surface area (Å²) in [5, 5.41) is 11.7. The van der Waals surface area contributed by atoms with Crippen LogP contribution in [0.25, 0.3) is 0 Å². The van der Waals surface area contributed by atoms with Crippen LogP contribution in [0, 0.1) is 0 Å². The monoisotopic (exact) mass is 326 g/mol. The summed E-state index contributed by atoms with van der Waals surface area (Å²) in [5.74, 6) is -0.208. The van der Waals surface area contributed by atoms with Crippen molar-refractivity contribution >= 4 is 23.5 Å². The van der Waals surface area contributed by atoms with Crippen molar-refractivity contribution in [2.75, 3.05) is 26.2 Å². The van der Waals surface area contributed by atoms with E-state index in [0.717, 1.165) is 25.1 Å². The summed E-state index contributed by atoms with van der Waals surface area (Å²) in [6.07, 6.45) is 1.06. The standard InChI is InChI=1S/C15H23ClN4O2/c1-2-7-17-8-9-18-14(21)11-20-15(22)19-10-12-3-5-13(16)6-4-12/h3-6,17H,2,7-11H2,1H3,(H,18,21)(H2,19,20,22). The van der Waals surface area contributed by atoms with E-state index in [4.69, 9.17) is 11.6 Å². The summed E-state index contributed by atoms with van der Waals surface area (Å²) in [6.45, 7) is 4.63. The SMILES string of the molecule is CCCNCCNC(=O)CNC(=O)NCc1ccc(Cl)cc1. The number of benzene rings is 1. The predicted octanol–water partition coefficient (Wildman–Crippen LogP) is 1.26. The topological polar surface area (TPSA) is 82.3 Å². The smallest absolute Gasteiger partial charge is 0.315 e. The molecule has 0 saturated carbocycles. The summed E-state index contributed by atoms with van der Waals surface area (Å²) >= 11 is 5.78. The van der Waals surface area contributed by atoms with Gasteiger partial charge in [-0.25, -0.2) is 4.79 Å². The minimum Gasteiger partial charge on any atom is -0.353 e. The number of rotatable bonds is 9. The quantitative estimate of drug-likeness (QED) is 0.516. The highest BCUT2D eigenvalue weighted by Gasteiger charge is 2.04. The zero-order valence-corrected chi connectivity index (χ0v) is 13.5. The molecule has 1 aromatic rings. The van der Waals surface area contributed by atoms with E-state index in [9.17, 15) is 9.59 Å². The van der Waals surface area contributed by atoms with Crippen molar-refractivity contribution in [3.8, 4) is 0 Å². The number of carbonyl (C=O) groups is 2. The Morgan fingerprint density at radius 2 is 1.73 bits per heavy atom. The Morgan fingerprint density at radius 3 is 2.41 bits per heavy atom. The van der Waals surface area contributed by atoms with Crippen LogP contribution in [-0.2, 0) is 11.3 Å².